The van der Waals surface area contributed by atoms with Crippen LogP contribution < -0.4 is 0 Å². The molecule has 1 fully saturated rings. The number of hydrogen-bond donors (Lipinski definition) is 0. The summed E-state index contributed by atoms with van der Waals surface area (Å²) in [6, 6.07) is 23.6. The van der Waals surface area contributed by atoms with Crippen molar-refractivity contribution in [2.24, 2.45) is 0 Å². The summed E-state index contributed by atoms with van der Waals surface area (Å²) in [4.78, 5) is 32.7. The standard InChI is InChI=1S/C31H25ClFN5O3/c32-25-3-1-2-23(18-25)24-8-13-29-34-30(21-6-11-27(12-7-21)38(40)41)28(37(29)19-24)20-35-14-16-36(17-15-35)31(39)22-4-9-26(33)10-5-22/h1-13,18-19H,14-17,20H2. The van der Waals surface area contributed by atoms with Crippen LogP contribution in [0.2, 0.25) is 5.02 Å². The van der Waals surface area contributed by atoms with Crippen molar-refractivity contribution in [3.8, 4) is 22.4 Å². The number of imidazole rings is 1. The molecule has 1 aliphatic heterocycles. The number of rotatable bonds is 6. The number of halogens is 2. The fourth-order valence-electron chi connectivity index (χ4n) is 5.15. The van der Waals surface area contributed by atoms with Crippen LogP contribution in [0.4, 0.5) is 10.1 Å². The summed E-state index contributed by atoms with van der Waals surface area (Å²) in [5, 5.41) is 11.9. The van der Waals surface area contributed by atoms with E-state index in [4.69, 9.17) is 16.6 Å². The lowest BCUT2D eigenvalue weighted by Crippen LogP contribution is -2.48. The van der Waals surface area contributed by atoms with Crippen molar-refractivity contribution >= 4 is 28.8 Å². The van der Waals surface area contributed by atoms with Crippen molar-refractivity contribution in [3.05, 3.63) is 123 Å². The van der Waals surface area contributed by atoms with E-state index in [2.05, 4.69) is 9.30 Å². The van der Waals surface area contributed by atoms with Crippen LogP contribution in [0.5, 0.6) is 0 Å². The Labute approximate surface area is 240 Å². The zero-order valence-corrected chi connectivity index (χ0v) is 22.7. The Morgan fingerprint density at radius 2 is 1.61 bits per heavy atom. The van der Waals surface area contributed by atoms with Gasteiger partial charge in [0.2, 0.25) is 0 Å². The minimum atomic E-state index is -0.418. The Hall–Kier alpha value is -4.60. The number of nitro benzene ring substituents is 1. The van der Waals surface area contributed by atoms with Gasteiger partial charge in [-0.2, -0.15) is 0 Å². The van der Waals surface area contributed by atoms with E-state index in [0.717, 1.165) is 33.7 Å². The summed E-state index contributed by atoms with van der Waals surface area (Å²) in [6.07, 6.45) is 2.03. The van der Waals surface area contributed by atoms with Crippen molar-refractivity contribution in [2.75, 3.05) is 26.2 Å². The molecular formula is C31H25ClFN5O3. The smallest absolute Gasteiger partial charge is 0.269 e. The summed E-state index contributed by atoms with van der Waals surface area (Å²) >= 11 is 6.25. The molecule has 0 atom stereocenters. The van der Waals surface area contributed by atoms with E-state index >= 15 is 0 Å². The molecule has 0 bridgehead atoms. The fourth-order valence-corrected chi connectivity index (χ4v) is 5.34. The molecule has 0 aliphatic carbocycles. The summed E-state index contributed by atoms with van der Waals surface area (Å²) < 4.78 is 15.4. The highest BCUT2D eigenvalue weighted by molar-refractivity contribution is 6.30. The maximum atomic E-state index is 13.3. The largest absolute Gasteiger partial charge is 0.336 e. The average molecular weight is 570 g/mol. The van der Waals surface area contributed by atoms with E-state index in [9.17, 15) is 19.3 Å². The van der Waals surface area contributed by atoms with Crippen molar-refractivity contribution < 1.29 is 14.1 Å². The maximum Gasteiger partial charge on any atom is 0.269 e. The first-order valence-electron chi connectivity index (χ1n) is 13.1. The van der Waals surface area contributed by atoms with Gasteiger partial charge in [0, 0.05) is 67.2 Å². The molecule has 0 saturated carbocycles. The van der Waals surface area contributed by atoms with Crippen LogP contribution in [0, 0.1) is 15.9 Å². The molecule has 0 spiro atoms. The fraction of sp³-hybridized carbons (Fsp3) is 0.161. The second kappa shape index (κ2) is 11.1. The van der Waals surface area contributed by atoms with Gasteiger partial charge in [0.15, 0.2) is 0 Å². The average Bonchev–Trinajstić information content (AvgIpc) is 3.35. The van der Waals surface area contributed by atoms with Gasteiger partial charge in [0.25, 0.3) is 11.6 Å². The molecular weight excluding hydrogens is 545 g/mol. The summed E-state index contributed by atoms with van der Waals surface area (Å²) in [5.74, 6) is -0.487. The molecule has 0 radical (unpaired) electrons. The molecule has 1 amide bonds. The molecule has 3 heterocycles. The minimum Gasteiger partial charge on any atom is -0.336 e. The highest BCUT2D eigenvalue weighted by Crippen LogP contribution is 2.30. The van der Waals surface area contributed by atoms with Gasteiger partial charge in [-0.15, -0.1) is 0 Å². The molecule has 1 aliphatic rings. The predicted molar refractivity (Wildman–Crippen MR) is 155 cm³/mol. The Balaban J connectivity index is 1.31. The molecule has 10 heteroatoms. The van der Waals surface area contributed by atoms with Gasteiger partial charge in [-0.1, -0.05) is 23.7 Å². The van der Waals surface area contributed by atoms with Gasteiger partial charge in [-0.25, -0.2) is 9.37 Å². The van der Waals surface area contributed by atoms with Gasteiger partial charge < -0.3 is 9.30 Å². The van der Waals surface area contributed by atoms with Crippen molar-refractivity contribution in [1.29, 1.82) is 0 Å². The number of nitro groups is 1. The Kier molecular flexibility index (Phi) is 7.21. The van der Waals surface area contributed by atoms with Crippen LogP contribution in [0.15, 0.2) is 91.1 Å². The number of non-ortho nitro benzene ring substituents is 1. The lowest BCUT2D eigenvalue weighted by Gasteiger charge is -2.34. The Morgan fingerprint density at radius 3 is 2.29 bits per heavy atom. The molecule has 1 saturated heterocycles. The normalized spacial score (nSPS) is 14.0. The number of nitrogens with zero attached hydrogens (tertiary/aromatic N) is 5. The molecule has 206 valence electrons. The zero-order chi connectivity index (χ0) is 28.5. The Bertz CT molecular complexity index is 1750. The minimum absolute atomic E-state index is 0.0178. The van der Waals surface area contributed by atoms with Crippen LogP contribution in [-0.2, 0) is 6.54 Å². The highest BCUT2D eigenvalue weighted by Gasteiger charge is 2.25. The number of benzene rings is 3. The monoisotopic (exact) mass is 569 g/mol. The van der Waals surface area contributed by atoms with E-state index < -0.39 is 4.92 Å². The molecule has 5 aromatic rings. The number of carbonyl (C=O) groups excluding carboxylic acids is 1. The number of carbonyl (C=O) groups is 1. The SMILES string of the molecule is O=C(c1ccc(F)cc1)N1CCN(Cc2c(-c3ccc([N+](=O)[O-])cc3)nc3ccc(-c4cccc(Cl)c4)cn23)CC1. The number of hydrogen-bond acceptors (Lipinski definition) is 5. The van der Waals surface area contributed by atoms with E-state index in [1.54, 1.807) is 17.0 Å². The van der Waals surface area contributed by atoms with Crippen LogP contribution in [0.25, 0.3) is 28.0 Å². The lowest BCUT2D eigenvalue weighted by atomic mass is 10.1. The third-order valence-electron chi connectivity index (χ3n) is 7.35. The first kappa shape index (κ1) is 26.6. The van der Waals surface area contributed by atoms with Crippen LogP contribution in [-0.4, -0.2) is 56.2 Å². The van der Waals surface area contributed by atoms with Crippen LogP contribution >= 0.6 is 11.6 Å². The van der Waals surface area contributed by atoms with Gasteiger partial charge in [0.1, 0.15) is 11.5 Å². The molecule has 3 aromatic carbocycles. The Morgan fingerprint density at radius 1 is 0.902 bits per heavy atom. The second-order valence-electron chi connectivity index (χ2n) is 9.94. The number of aromatic nitrogens is 2. The third-order valence-corrected chi connectivity index (χ3v) is 7.59. The maximum absolute atomic E-state index is 13.3. The first-order chi connectivity index (χ1) is 19.9. The van der Waals surface area contributed by atoms with Gasteiger partial charge in [-0.05, 0) is 71.8 Å². The highest BCUT2D eigenvalue weighted by atomic mass is 35.5. The van der Waals surface area contributed by atoms with E-state index in [-0.39, 0.29) is 17.4 Å². The number of amides is 1. The number of piperazine rings is 1. The van der Waals surface area contributed by atoms with Crippen molar-refractivity contribution in [1.82, 2.24) is 19.2 Å². The van der Waals surface area contributed by atoms with Gasteiger partial charge in [-0.3, -0.25) is 19.8 Å². The third kappa shape index (κ3) is 5.54. The molecule has 0 unspecified atom stereocenters. The van der Waals surface area contributed by atoms with E-state index in [0.29, 0.717) is 43.3 Å². The summed E-state index contributed by atoms with van der Waals surface area (Å²) in [7, 11) is 0. The first-order valence-corrected chi connectivity index (χ1v) is 13.5. The van der Waals surface area contributed by atoms with E-state index in [1.165, 1.54) is 36.4 Å². The summed E-state index contributed by atoms with van der Waals surface area (Å²) in [6.45, 7) is 2.92. The predicted octanol–water partition coefficient (Wildman–Crippen LogP) is 6.33. The summed E-state index contributed by atoms with van der Waals surface area (Å²) in [5.41, 5.74) is 5.66. The molecule has 6 rings (SSSR count). The van der Waals surface area contributed by atoms with Gasteiger partial charge in [0.05, 0.1) is 16.3 Å². The van der Waals surface area contributed by atoms with Crippen molar-refractivity contribution in [3.63, 3.8) is 0 Å². The number of pyridine rings is 1. The zero-order valence-electron chi connectivity index (χ0n) is 21.9. The van der Waals surface area contributed by atoms with Gasteiger partial charge >= 0.3 is 0 Å². The molecule has 2 aromatic heterocycles. The quantitative estimate of drug-likeness (QED) is 0.176. The molecule has 8 nitrogen and oxygen atoms in total. The van der Waals surface area contributed by atoms with Crippen molar-refractivity contribution in [2.45, 2.75) is 6.54 Å². The molecule has 41 heavy (non-hydrogen) atoms. The van der Waals surface area contributed by atoms with Crippen LogP contribution in [0.1, 0.15) is 16.1 Å². The topological polar surface area (TPSA) is 84.0 Å². The number of fused-ring (bicyclic) bond motifs is 1. The second-order valence-corrected chi connectivity index (χ2v) is 10.4. The lowest BCUT2D eigenvalue weighted by molar-refractivity contribution is -0.384. The molecule has 0 N–H and O–H groups in total. The van der Waals surface area contributed by atoms with E-state index in [1.807, 2.05) is 42.6 Å². The van der Waals surface area contributed by atoms with Crippen LogP contribution in [0.3, 0.4) is 0 Å².